The number of hydrogen-bond donors (Lipinski definition) is 0. The number of methoxy groups -OCH3 is 1. The van der Waals surface area contributed by atoms with Gasteiger partial charge in [0, 0.05) is 30.3 Å². The van der Waals surface area contributed by atoms with E-state index in [0.29, 0.717) is 5.56 Å². The maximum Gasteiger partial charge on any atom is 0.255 e. The summed E-state index contributed by atoms with van der Waals surface area (Å²) in [6.07, 6.45) is 3.30. The summed E-state index contributed by atoms with van der Waals surface area (Å²) in [5.41, 5.74) is 1.81. The molecule has 4 nitrogen and oxygen atoms in total. The summed E-state index contributed by atoms with van der Waals surface area (Å²) in [6.45, 7) is 0.766. The van der Waals surface area contributed by atoms with Gasteiger partial charge in [-0.3, -0.25) is 9.78 Å². The number of benzene rings is 1. The number of hydrogen-bond acceptors (Lipinski definition) is 4. The van der Waals surface area contributed by atoms with Gasteiger partial charge in [-0.25, -0.2) is 0 Å². The topological polar surface area (TPSA) is 42.4 Å². The molecule has 1 saturated heterocycles. The SMILES string of the molecule is COc1ccc(C2SCCN2C(=O)c2ccncc2)cc1. The zero-order valence-corrected chi connectivity index (χ0v) is 12.5. The van der Waals surface area contributed by atoms with Crippen LogP contribution in [0.3, 0.4) is 0 Å². The highest BCUT2D eigenvalue weighted by molar-refractivity contribution is 7.99. The van der Waals surface area contributed by atoms with E-state index >= 15 is 0 Å². The first-order valence-corrected chi connectivity index (χ1v) is 7.81. The minimum Gasteiger partial charge on any atom is -0.497 e. The summed E-state index contributed by atoms with van der Waals surface area (Å²) in [5.74, 6) is 1.84. The second kappa shape index (κ2) is 6.18. The zero-order chi connectivity index (χ0) is 14.7. The minimum atomic E-state index is 0.0585. The normalized spacial score (nSPS) is 17.8. The van der Waals surface area contributed by atoms with Gasteiger partial charge in [-0.1, -0.05) is 12.1 Å². The molecule has 1 aliphatic rings. The molecule has 1 unspecified atom stereocenters. The minimum absolute atomic E-state index is 0.0585. The van der Waals surface area contributed by atoms with Crippen LogP contribution in [0.2, 0.25) is 0 Å². The van der Waals surface area contributed by atoms with Gasteiger partial charge in [0.1, 0.15) is 11.1 Å². The number of pyridine rings is 1. The molecule has 5 heteroatoms. The van der Waals surface area contributed by atoms with Crippen LogP contribution in [-0.2, 0) is 0 Å². The van der Waals surface area contributed by atoms with Gasteiger partial charge in [-0.15, -0.1) is 11.8 Å². The average Bonchev–Trinajstić information content (AvgIpc) is 3.04. The van der Waals surface area contributed by atoms with Crippen molar-refractivity contribution in [3.05, 3.63) is 59.9 Å². The van der Waals surface area contributed by atoms with Crippen LogP contribution in [0.5, 0.6) is 5.75 Å². The van der Waals surface area contributed by atoms with E-state index in [1.54, 1.807) is 43.4 Å². The van der Waals surface area contributed by atoms with Gasteiger partial charge < -0.3 is 9.64 Å². The van der Waals surface area contributed by atoms with E-state index < -0.39 is 0 Å². The lowest BCUT2D eigenvalue weighted by atomic mass is 10.1. The van der Waals surface area contributed by atoms with E-state index in [1.165, 1.54) is 0 Å². The third-order valence-electron chi connectivity index (χ3n) is 3.48. The Bertz CT molecular complexity index is 616. The molecular weight excluding hydrogens is 284 g/mol. The van der Waals surface area contributed by atoms with Crippen LogP contribution in [0.1, 0.15) is 21.3 Å². The van der Waals surface area contributed by atoms with Gasteiger partial charge in [0.15, 0.2) is 0 Å². The number of nitrogens with zero attached hydrogens (tertiary/aromatic N) is 2. The lowest BCUT2D eigenvalue weighted by molar-refractivity contribution is 0.0760. The number of aromatic nitrogens is 1. The molecule has 21 heavy (non-hydrogen) atoms. The van der Waals surface area contributed by atoms with Crippen LogP contribution < -0.4 is 4.74 Å². The fraction of sp³-hybridized carbons (Fsp3) is 0.250. The summed E-state index contributed by atoms with van der Waals surface area (Å²) in [6, 6.07) is 11.4. The third kappa shape index (κ3) is 2.88. The first kappa shape index (κ1) is 13.9. The van der Waals surface area contributed by atoms with Gasteiger partial charge in [-0.05, 0) is 29.8 Å². The molecule has 1 aromatic carbocycles. The third-order valence-corrected chi connectivity index (χ3v) is 4.74. The van der Waals surface area contributed by atoms with E-state index in [9.17, 15) is 4.79 Å². The van der Waals surface area contributed by atoms with Crippen molar-refractivity contribution < 1.29 is 9.53 Å². The van der Waals surface area contributed by atoms with Crippen molar-refractivity contribution in [2.45, 2.75) is 5.37 Å². The van der Waals surface area contributed by atoms with Crippen LogP contribution in [0.25, 0.3) is 0 Å². The molecule has 0 radical (unpaired) electrons. The average molecular weight is 300 g/mol. The molecule has 0 N–H and O–H groups in total. The number of rotatable bonds is 3. The second-order valence-electron chi connectivity index (χ2n) is 4.73. The van der Waals surface area contributed by atoms with Gasteiger partial charge in [-0.2, -0.15) is 0 Å². The molecule has 108 valence electrons. The van der Waals surface area contributed by atoms with Crippen LogP contribution in [-0.4, -0.2) is 35.2 Å². The lowest BCUT2D eigenvalue weighted by Gasteiger charge is -2.24. The van der Waals surface area contributed by atoms with Crippen LogP contribution in [0, 0.1) is 0 Å². The van der Waals surface area contributed by atoms with Gasteiger partial charge in [0.2, 0.25) is 0 Å². The number of amides is 1. The molecule has 0 bridgehead atoms. The van der Waals surface area contributed by atoms with Crippen molar-refractivity contribution in [1.29, 1.82) is 0 Å². The Hall–Kier alpha value is -2.01. The molecule has 1 aromatic heterocycles. The Kier molecular flexibility index (Phi) is 4.10. The molecular formula is C16H16N2O2S. The van der Waals surface area contributed by atoms with E-state index in [2.05, 4.69) is 4.98 Å². The standard InChI is InChI=1S/C16H16N2O2S/c1-20-14-4-2-13(3-5-14)16-18(10-11-21-16)15(19)12-6-8-17-9-7-12/h2-9,16H,10-11H2,1H3. The first-order chi connectivity index (χ1) is 10.3. The molecule has 1 atom stereocenters. The van der Waals surface area contributed by atoms with E-state index in [-0.39, 0.29) is 11.3 Å². The highest BCUT2D eigenvalue weighted by Crippen LogP contribution is 2.39. The smallest absolute Gasteiger partial charge is 0.255 e. The molecule has 2 aromatic rings. The molecule has 1 aliphatic heterocycles. The second-order valence-corrected chi connectivity index (χ2v) is 5.92. The lowest BCUT2D eigenvalue weighted by Crippen LogP contribution is -2.30. The Morgan fingerprint density at radius 1 is 1.24 bits per heavy atom. The Balaban J connectivity index is 1.83. The zero-order valence-electron chi connectivity index (χ0n) is 11.7. The van der Waals surface area contributed by atoms with Crippen molar-refractivity contribution in [2.75, 3.05) is 19.4 Å². The monoisotopic (exact) mass is 300 g/mol. The van der Waals surface area contributed by atoms with Gasteiger partial charge in [0.25, 0.3) is 5.91 Å². The molecule has 1 amide bonds. The fourth-order valence-corrected chi connectivity index (χ4v) is 3.64. The van der Waals surface area contributed by atoms with E-state index in [1.807, 2.05) is 29.2 Å². The van der Waals surface area contributed by atoms with Crippen molar-refractivity contribution >= 4 is 17.7 Å². The number of ether oxygens (including phenoxy) is 1. The van der Waals surface area contributed by atoms with Crippen molar-refractivity contribution in [2.24, 2.45) is 0 Å². The Morgan fingerprint density at radius 2 is 1.95 bits per heavy atom. The van der Waals surface area contributed by atoms with Crippen LogP contribution in [0.15, 0.2) is 48.8 Å². The molecule has 1 fully saturated rings. The summed E-state index contributed by atoms with van der Waals surface area (Å²) in [7, 11) is 1.65. The number of carbonyl (C=O) groups excluding carboxylic acids is 1. The molecule has 3 rings (SSSR count). The number of thioether (sulfide) groups is 1. The quantitative estimate of drug-likeness (QED) is 0.874. The van der Waals surface area contributed by atoms with E-state index in [4.69, 9.17) is 4.74 Å². The summed E-state index contributed by atoms with van der Waals surface area (Å²) >= 11 is 1.79. The Morgan fingerprint density at radius 3 is 2.62 bits per heavy atom. The maximum atomic E-state index is 12.6. The highest BCUT2D eigenvalue weighted by Gasteiger charge is 2.31. The summed E-state index contributed by atoms with van der Waals surface area (Å²) < 4.78 is 5.18. The summed E-state index contributed by atoms with van der Waals surface area (Å²) in [5, 5.41) is 0.0663. The predicted octanol–water partition coefficient (Wildman–Crippen LogP) is 2.98. The van der Waals surface area contributed by atoms with Crippen molar-refractivity contribution in [1.82, 2.24) is 9.88 Å². The number of carbonyl (C=O) groups is 1. The van der Waals surface area contributed by atoms with Gasteiger partial charge in [0.05, 0.1) is 7.11 Å². The molecule has 0 spiro atoms. The summed E-state index contributed by atoms with van der Waals surface area (Å²) in [4.78, 5) is 18.5. The molecule has 2 heterocycles. The van der Waals surface area contributed by atoms with E-state index in [0.717, 1.165) is 23.6 Å². The maximum absolute atomic E-state index is 12.6. The fourth-order valence-electron chi connectivity index (χ4n) is 2.38. The van der Waals surface area contributed by atoms with Crippen LogP contribution >= 0.6 is 11.8 Å². The predicted molar refractivity (Wildman–Crippen MR) is 83.5 cm³/mol. The van der Waals surface area contributed by atoms with Crippen molar-refractivity contribution in [3.63, 3.8) is 0 Å². The van der Waals surface area contributed by atoms with Gasteiger partial charge >= 0.3 is 0 Å². The first-order valence-electron chi connectivity index (χ1n) is 6.76. The Labute approximate surface area is 128 Å². The largest absolute Gasteiger partial charge is 0.497 e. The molecule has 0 aliphatic carbocycles. The van der Waals surface area contributed by atoms with Crippen LogP contribution in [0.4, 0.5) is 0 Å². The molecule has 0 saturated carbocycles. The highest BCUT2D eigenvalue weighted by atomic mass is 32.2. The van der Waals surface area contributed by atoms with Crippen molar-refractivity contribution in [3.8, 4) is 5.75 Å².